The SMILES string of the molecule is COC(C)CNS(=O)(=O)N(C)C(C)C. The molecule has 0 amide bonds. The lowest BCUT2D eigenvalue weighted by atomic mass is 10.4. The van der Waals surface area contributed by atoms with E-state index >= 15 is 0 Å². The van der Waals surface area contributed by atoms with Crippen molar-refractivity contribution >= 4 is 10.2 Å². The fourth-order valence-electron chi connectivity index (χ4n) is 0.685. The van der Waals surface area contributed by atoms with E-state index in [4.69, 9.17) is 4.74 Å². The van der Waals surface area contributed by atoms with Gasteiger partial charge in [-0.3, -0.25) is 0 Å². The van der Waals surface area contributed by atoms with Crippen LogP contribution in [0.5, 0.6) is 0 Å². The fraction of sp³-hybridized carbons (Fsp3) is 1.00. The van der Waals surface area contributed by atoms with Crippen LogP contribution < -0.4 is 4.72 Å². The topological polar surface area (TPSA) is 58.6 Å². The van der Waals surface area contributed by atoms with E-state index in [1.54, 1.807) is 21.1 Å². The number of ether oxygens (including phenoxy) is 1. The molecule has 6 heteroatoms. The Labute approximate surface area is 86.6 Å². The van der Waals surface area contributed by atoms with E-state index in [0.717, 1.165) is 0 Å². The molecule has 5 nitrogen and oxygen atoms in total. The largest absolute Gasteiger partial charge is 0.380 e. The summed E-state index contributed by atoms with van der Waals surface area (Å²) in [6.07, 6.45) is -0.120. The monoisotopic (exact) mass is 224 g/mol. The van der Waals surface area contributed by atoms with Crippen LogP contribution in [0, 0.1) is 0 Å². The first-order valence-corrected chi connectivity index (χ1v) is 6.00. The van der Waals surface area contributed by atoms with Crippen LogP contribution in [0.4, 0.5) is 0 Å². The molecule has 0 aromatic heterocycles. The van der Waals surface area contributed by atoms with Crippen LogP contribution in [0.1, 0.15) is 20.8 Å². The average molecular weight is 224 g/mol. The maximum Gasteiger partial charge on any atom is 0.279 e. The Kier molecular flexibility index (Phi) is 5.58. The molecule has 86 valence electrons. The van der Waals surface area contributed by atoms with Crippen LogP contribution in [0.3, 0.4) is 0 Å². The fourth-order valence-corrected chi connectivity index (χ4v) is 1.89. The van der Waals surface area contributed by atoms with E-state index in [9.17, 15) is 8.42 Å². The van der Waals surface area contributed by atoms with Gasteiger partial charge in [-0.15, -0.1) is 0 Å². The summed E-state index contributed by atoms with van der Waals surface area (Å²) < 4.78 is 31.8. The second-order valence-corrected chi connectivity index (χ2v) is 5.32. The molecule has 0 saturated carbocycles. The molecule has 0 aliphatic heterocycles. The minimum atomic E-state index is -3.36. The lowest BCUT2D eigenvalue weighted by molar-refractivity contribution is 0.121. The Hall–Kier alpha value is -0.170. The number of nitrogens with zero attached hydrogens (tertiary/aromatic N) is 1. The van der Waals surface area contributed by atoms with Crippen LogP contribution in [0.2, 0.25) is 0 Å². The molecule has 1 unspecified atom stereocenters. The molecular weight excluding hydrogens is 204 g/mol. The molecule has 1 N–H and O–H groups in total. The van der Waals surface area contributed by atoms with Gasteiger partial charge in [0.25, 0.3) is 10.2 Å². The van der Waals surface area contributed by atoms with Gasteiger partial charge in [-0.1, -0.05) is 0 Å². The molecule has 0 aliphatic rings. The molecule has 0 aromatic carbocycles. The third-order valence-electron chi connectivity index (χ3n) is 2.06. The predicted molar refractivity (Wildman–Crippen MR) is 56.3 cm³/mol. The Morgan fingerprint density at radius 1 is 1.36 bits per heavy atom. The quantitative estimate of drug-likeness (QED) is 0.701. The van der Waals surface area contributed by atoms with E-state index in [2.05, 4.69) is 4.72 Å². The van der Waals surface area contributed by atoms with Crippen LogP contribution in [-0.4, -0.2) is 45.6 Å². The first kappa shape index (κ1) is 13.8. The smallest absolute Gasteiger partial charge is 0.279 e. The normalized spacial score (nSPS) is 15.1. The highest BCUT2D eigenvalue weighted by atomic mass is 32.2. The van der Waals surface area contributed by atoms with Crippen LogP contribution in [0.15, 0.2) is 0 Å². The van der Waals surface area contributed by atoms with Crippen molar-refractivity contribution in [1.29, 1.82) is 0 Å². The second-order valence-electron chi connectivity index (χ2n) is 3.51. The third-order valence-corrected chi connectivity index (χ3v) is 3.77. The summed E-state index contributed by atoms with van der Waals surface area (Å²) in [7, 11) is -0.269. The highest BCUT2D eigenvalue weighted by Crippen LogP contribution is 2.00. The molecule has 0 saturated heterocycles. The van der Waals surface area contributed by atoms with Crippen LogP contribution in [0.25, 0.3) is 0 Å². The number of methoxy groups -OCH3 is 1. The summed E-state index contributed by atoms with van der Waals surface area (Å²) in [6.45, 7) is 5.73. The van der Waals surface area contributed by atoms with E-state index in [1.165, 1.54) is 4.31 Å². The van der Waals surface area contributed by atoms with E-state index in [0.29, 0.717) is 0 Å². The summed E-state index contributed by atoms with van der Waals surface area (Å²) in [5.74, 6) is 0. The van der Waals surface area contributed by atoms with Gasteiger partial charge < -0.3 is 4.74 Å². The van der Waals surface area contributed by atoms with Crippen molar-refractivity contribution in [2.45, 2.75) is 32.9 Å². The minimum absolute atomic E-state index is 0.0506. The van der Waals surface area contributed by atoms with Crippen LogP contribution >= 0.6 is 0 Å². The first-order chi connectivity index (χ1) is 6.31. The molecular formula is C8H20N2O3S. The molecule has 0 heterocycles. The molecule has 0 bridgehead atoms. The van der Waals surface area contributed by atoms with Gasteiger partial charge in [0.2, 0.25) is 0 Å². The van der Waals surface area contributed by atoms with Gasteiger partial charge in [-0.05, 0) is 20.8 Å². The minimum Gasteiger partial charge on any atom is -0.380 e. The molecule has 0 radical (unpaired) electrons. The summed E-state index contributed by atoms with van der Waals surface area (Å²) in [5.41, 5.74) is 0. The van der Waals surface area contributed by atoms with Crippen molar-refractivity contribution in [2.24, 2.45) is 0 Å². The van der Waals surface area contributed by atoms with Crippen molar-refractivity contribution in [3.63, 3.8) is 0 Å². The predicted octanol–water partition coefficient (Wildman–Crippen LogP) is 0.196. The zero-order chi connectivity index (χ0) is 11.4. The summed E-state index contributed by atoms with van der Waals surface area (Å²) in [5, 5.41) is 0. The number of hydrogen-bond donors (Lipinski definition) is 1. The molecule has 0 spiro atoms. The van der Waals surface area contributed by atoms with Crippen molar-refractivity contribution in [3.05, 3.63) is 0 Å². The van der Waals surface area contributed by atoms with Gasteiger partial charge >= 0.3 is 0 Å². The molecule has 0 fully saturated rings. The molecule has 0 rings (SSSR count). The van der Waals surface area contributed by atoms with Gasteiger partial charge in [0.1, 0.15) is 0 Å². The molecule has 0 aliphatic carbocycles. The molecule has 14 heavy (non-hydrogen) atoms. The molecule has 1 atom stereocenters. The van der Waals surface area contributed by atoms with Crippen molar-refractivity contribution in [2.75, 3.05) is 20.7 Å². The Balaban J connectivity index is 4.22. The van der Waals surface area contributed by atoms with E-state index < -0.39 is 10.2 Å². The Morgan fingerprint density at radius 2 is 1.86 bits per heavy atom. The van der Waals surface area contributed by atoms with Crippen LogP contribution in [-0.2, 0) is 14.9 Å². The van der Waals surface area contributed by atoms with E-state index in [1.807, 2.05) is 13.8 Å². The van der Waals surface area contributed by atoms with Gasteiger partial charge in [-0.2, -0.15) is 17.4 Å². The summed E-state index contributed by atoms with van der Waals surface area (Å²) in [4.78, 5) is 0. The Morgan fingerprint density at radius 3 is 2.21 bits per heavy atom. The third kappa shape index (κ3) is 4.36. The highest BCUT2D eigenvalue weighted by Gasteiger charge is 2.20. The number of rotatable bonds is 6. The number of nitrogens with one attached hydrogen (secondary N) is 1. The number of hydrogen-bond acceptors (Lipinski definition) is 3. The average Bonchev–Trinajstić information content (AvgIpc) is 2.12. The highest BCUT2D eigenvalue weighted by molar-refractivity contribution is 7.87. The first-order valence-electron chi connectivity index (χ1n) is 4.56. The lowest BCUT2D eigenvalue weighted by Gasteiger charge is -2.22. The van der Waals surface area contributed by atoms with Gasteiger partial charge in [0.05, 0.1) is 6.10 Å². The standard InChI is InChI=1S/C8H20N2O3S/c1-7(2)10(4)14(11,12)9-6-8(3)13-5/h7-9H,6H2,1-5H3. The van der Waals surface area contributed by atoms with Gasteiger partial charge in [0, 0.05) is 26.7 Å². The maximum atomic E-state index is 11.6. The Bertz CT molecular complexity index is 251. The van der Waals surface area contributed by atoms with Gasteiger partial charge in [0.15, 0.2) is 0 Å². The lowest BCUT2D eigenvalue weighted by Crippen LogP contribution is -2.44. The molecule has 0 aromatic rings. The van der Waals surface area contributed by atoms with Crippen molar-refractivity contribution in [1.82, 2.24) is 9.03 Å². The zero-order valence-electron chi connectivity index (χ0n) is 9.44. The second kappa shape index (κ2) is 5.65. The maximum absolute atomic E-state index is 11.6. The zero-order valence-corrected chi connectivity index (χ0v) is 10.3. The summed E-state index contributed by atoms with van der Waals surface area (Å²) in [6, 6.07) is -0.0506. The van der Waals surface area contributed by atoms with Crippen molar-refractivity contribution < 1.29 is 13.2 Å². The van der Waals surface area contributed by atoms with Crippen molar-refractivity contribution in [3.8, 4) is 0 Å². The summed E-state index contributed by atoms with van der Waals surface area (Å²) >= 11 is 0. The van der Waals surface area contributed by atoms with E-state index in [-0.39, 0.29) is 18.7 Å². The van der Waals surface area contributed by atoms with Gasteiger partial charge in [-0.25, -0.2) is 0 Å².